The van der Waals surface area contributed by atoms with Crippen molar-refractivity contribution < 1.29 is 17.6 Å². The molecular weight excluding hydrogens is 319 g/mol. The minimum Gasteiger partial charge on any atom is -0.369 e. The molecule has 0 radical (unpaired) electrons. The summed E-state index contributed by atoms with van der Waals surface area (Å²) in [4.78, 5) is 14.0. The maximum atomic E-state index is 13.0. The molecule has 3 rings (SSSR count). The lowest BCUT2D eigenvalue weighted by Crippen LogP contribution is -2.52. The van der Waals surface area contributed by atoms with Crippen LogP contribution in [0.15, 0.2) is 24.3 Å². The van der Waals surface area contributed by atoms with Crippen LogP contribution in [-0.4, -0.2) is 49.9 Å². The van der Waals surface area contributed by atoms with Gasteiger partial charge in [0.15, 0.2) is 5.78 Å². The fraction of sp³-hybridized carbons (Fsp3) is 0.562. The molecule has 7 heteroatoms. The van der Waals surface area contributed by atoms with E-state index < -0.39 is 15.3 Å². The van der Waals surface area contributed by atoms with Crippen LogP contribution in [0.1, 0.15) is 25.7 Å². The maximum Gasteiger partial charge on any atom is 0.224 e. The van der Waals surface area contributed by atoms with Crippen LogP contribution in [-0.2, 0) is 14.8 Å². The highest BCUT2D eigenvalue weighted by molar-refractivity contribution is 7.90. The van der Waals surface area contributed by atoms with E-state index >= 15 is 0 Å². The Morgan fingerprint density at radius 3 is 2.26 bits per heavy atom. The third-order valence-electron chi connectivity index (χ3n) is 4.65. The summed E-state index contributed by atoms with van der Waals surface area (Å²) in [5.74, 6) is -0.428. The van der Waals surface area contributed by atoms with Gasteiger partial charge in [0.05, 0.1) is 0 Å². The molecule has 0 bridgehead atoms. The molecule has 5 nitrogen and oxygen atoms in total. The third kappa shape index (κ3) is 3.40. The summed E-state index contributed by atoms with van der Waals surface area (Å²) < 4.78 is 39.8. The number of piperazine rings is 1. The second-order valence-electron chi connectivity index (χ2n) is 6.11. The quantitative estimate of drug-likeness (QED) is 0.842. The molecule has 1 saturated heterocycles. The Bertz CT molecular complexity index is 667. The van der Waals surface area contributed by atoms with Crippen molar-refractivity contribution >= 4 is 21.5 Å². The molecule has 126 valence electrons. The van der Waals surface area contributed by atoms with Gasteiger partial charge < -0.3 is 4.90 Å². The van der Waals surface area contributed by atoms with Crippen molar-refractivity contribution in [2.75, 3.05) is 31.1 Å². The normalized spacial score (nSPS) is 24.0. The van der Waals surface area contributed by atoms with E-state index in [0.29, 0.717) is 39.0 Å². The van der Waals surface area contributed by atoms with Gasteiger partial charge in [0.1, 0.15) is 11.1 Å². The van der Waals surface area contributed by atoms with Crippen LogP contribution in [0.4, 0.5) is 10.1 Å². The zero-order valence-electron chi connectivity index (χ0n) is 12.9. The van der Waals surface area contributed by atoms with Crippen LogP contribution in [0.2, 0.25) is 0 Å². The Hall–Kier alpha value is -1.47. The predicted molar refractivity (Wildman–Crippen MR) is 86.4 cm³/mol. The summed E-state index contributed by atoms with van der Waals surface area (Å²) in [6.07, 6.45) is 2.41. The summed E-state index contributed by atoms with van der Waals surface area (Å²) >= 11 is 0. The molecule has 23 heavy (non-hydrogen) atoms. The van der Waals surface area contributed by atoms with Crippen molar-refractivity contribution in [2.24, 2.45) is 0 Å². The molecule has 2 fully saturated rings. The Morgan fingerprint density at radius 1 is 1.00 bits per heavy atom. The van der Waals surface area contributed by atoms with Gasteiger partial charge in [-0.2, -0.15) is 4.31 Å². The predicted octanol–water partition coefficient (Wildman–Crippen LogP) is 1.79. The lowest BCUT2D eigenvalue weighted by molar-refractivity contribution is -0.119. The van der Waals surface area contributed by atoms with Gasteiger partial charge in [-0.25, -0.2) is 12.8 Å². The topological polar surface area (TPSA) is 57.7 Å². The molecular formula is C16H21FN2O3S. The molecule has 0 N–H and O–H groups in total. The molecule has 1 aliphatic carbocycles. The molecule has 1 unspecified atom stereocenters. The number of benzene rings is 1. The number of ketones is 1. The first-order valence-electron chi connectivity index (χ1n) is 8.01. The monoisotopic (exact) mass is 340 g/mol. The van der Waals surface area contributed by atoms with Crippen molar-refractivity contribution in [3.63, 3.8) is 0 Å². The van der Waals surface area contributed by atoms with Gasteiger partial charge in [0, 0.05) is 38.3 Å². The Balaban J connectivity index is 1.66. The van der Waals surface area contributed by atoms with Crippen molar-refractivity contribution in [1.82, 2.24) is 4.31 Å². The van der Waals surface area contributed by atoms with Crippen molar-refractivity contribution in [2.45, 2.75) is 30.9 Å². The van der Waals surface area contributed by atoms with E-state index in [1.54, 1.807) is 12.1 Å². The van der Waals surface area contributed by atoms with Gasteiger partial charge in [-0.05, 0) is 37.1 Å². The zero-order chi connectivity index (χ0) is 16.4. The van der Waals surface area contributed by atoms with Crippen LogP contribution >= 0.6 is 0 Å². The van der Waals surface area contributed by atoms with E-state index in [0.717, 1.165) is 18.5 Å². The summed E-state index contributed by atoms with van der Waals surface area (Å²) in [6.45, 7) is 1.82. The van der Waals surface area contributed by atoms with Crippen LogP contribution in [0.25, 0.3) is 0 Å². The molecule has 0 spiro atoms. The Labute approximate surface area is 136 Å². The van der Waals surface area contributed by atoms with Crippen LogP contribution in [0.3, 0.4) is 0 Å². The van der Waals surface area contributed by atoms with E-state index in [-0.39, 0.29) is 11.6 Å². The standard InChI is InChI=1S/C16H21FN2O3S/c17-13-5-7-14(8-6-13)18-9-11-19(12-10-18)23(21,22)16-4-2-1-3-15(16)20/h5-8,16H,1-4,9-12H2. The Morgan fingerprint density at radius 2 is 1.65 bits per heavy atom. The van der Waals surface area contributed by atoms with E-state index in [9.17, 15) is 17.6 Å². The average Bonchev–Trinajstić information content (AvgIpc) is 2.56. The summed E-state index contributed by atoms with van der Waals surface area (Å²) in [6, 6.07) is 6.20. The molecule has 1 atom stereocenters. The van der Waals surface area contributed by atoms with E-state index in [1.165, 1.54) is 16.4 Å². The minimum absolute atomic E-state index is 0.141. The van der Waals surface area contributed by atoms with Crippen LogP contribution in [0.5, 0.6) is 0 Å². The third-order valence-corrected chi connectivity index (χ3v) is 6.95. The number of carbonyl (C=O) groups is 1. The summed E-state index contributed by atoms with van der Waals surface area (Å²) in [5.41, 5.74) is 0.886. The largest absolute Gasteiger partial charge is 0.369 e. The number of hydrogen-bond donors (Lipinski definition) is 0. The SMILES string of the molecule is O=C1CCCCC1S(=O)(=O)N1CCN(c2ccc(F)cc2)CC1. The summed E-state index contributed by atoms with van der Waals surface area (Å²) in [7, 11) is -3.55. The highest BCUT2D eigenvalue weighted by Gasteiger charge is 2.39. The number of hydrogen-bond acceptors (Lipinski definition) is 4. The van der Waals surface area contributed by atoms with Gasteiger partial charge in [-0.1, -0.05) is 6.42 Å². The van der Waals surface area contributed by atoms with Crippen molar-refractivity contribution in [3.05, 3.63) is 30.1 Å². The molecule has 1 aromatic carbocycles. The van der Waals surface area contributed by atoms with Gasteiger partial charge in [0.2, 0.25) is 10.0 Å². The lowest BCUT2D eigenvalue weighted by Gasteiger charge is -2.37. The second-order valence-corrected chi connectivity index (χ2v) is 8.22. The molecule has 0 amide bonds. The number of anilines is 1. The number of carbonyl (C=O) groups excluding carboxylic acids is 1. The molecule has 1 heterocycles. The first-order valence-corrected chi connectivity index (χ1v) is 9.51. The number of halogens is 1. The van der Waals surface area contributed by atoms with E-state index in [2.05, 4.69) is 0 Å². The second kappa shape index (κ2) is 6.57. The number of Topliss-reactive ketones (excluding diaryl/α,β-unsaturated/α-hetero) is 1. The maximum absolute atomic E-state index is 13.0. The number of nitrogens with zero attached hydrogens (tertiary/aromatic N) is 2. The highest BCUT2D eigenvalue weighted by atomic mass is 32.2. The first-order chi connectivity index (χ1) is 11.0. The summed E-state index contributed by atoms with van der Waals surface area (Å²) in [5, 5.41) is -0.853. The van der Waals surface area contributed by atoms with Crippen LogP contribution < -0.4 is 4.90 Å². The highest BCUT2D eigenvalue weighted by Crippen LogP contribution is 2.25. The van der Waals surface area contributed by atoms with Gasteiger partial charge >= 0.3 is 0 Å². The Kier molecular flexibility index (Phi) is 4.68. The molecule has 1 aliphatic heterocycles. The van der Waals surface area contributed by atoms with Crippen LogP contribution in [0, 0.1) is 5.82 Å². The fourth-order valence-corrected chi connectivity index (χ4v) is 5.25. The van der Waals surface area contributed by atoms with Crippen molar-refractivity contribution in [1.29, 1.82) is 0 Å². The smallest absolute Gasteiger partial charge is 0.224 e. The van der Waals surface area contributed by atoms with E-state index in [4.69, 9.17) is 0 Å². The van der Waals surface area contributed by atoms with Gasteiger partial charge in [-0.3, -0.25) is 4.79 Å². The van der Waals surface area contributed by atoms with E-state index in [1.807, 2.05) is 4.90 Å². The van der Waals surface area contributed by atoms with Crippen molar-refractivity contribution in [3.8, 4) is 0 Å². The number of sulfonamides is 1. The number of rotatable bonds is 3. The van der Waals surface area contributed by atoms with Gasteiger partial charge in [0.25, 0.3) is 0 Å². The zero-order valence-corrected chi connectivity index (χ0v) is 13.8. The average molecular weight is 340 g/mol. The molecule has 1 aromatic rings. The molecule has 1 saturated carbocycles. The van der Waals surface area contributed by atoms with Gasteiger partial charge in [-0.15, -0.1) is 0 Å². The molecule has 0 aromatic heterocycles. The molecule has 2 aliphatic rings. The minimum atomic E-state index is -3.55. The fourth-order valence-electron chi connectivity index (χ4n) is 3.30. The lowest BCUT2D eigenvalue weighted by atomic mass is 9.99. The first kappa shape index (κ1) is 16.4.